The first-order chi connectivity index (χ1) is 9.22. The maximum absolute atomic E-state index is 6.08. The van der Waals surface area contributed by atoms with Crippen LogP contribution in [-0.4, -0.2) is 30.2 Å². The number of aromatic nitrogens is 2. The number of rotatable bonds is 5. The van der Waals surface area contributed by atoms with E-state index in [4.69, 9.17) is 10.5 Å². The highest BCUT2D eigenvalue weighted by atomic mass is 16.5. The third-order valence-corrected chi connectivity index (χ3v) is 3.73. The molecule has 0 radical (unpaired) electrons. The van der Waals surface area contributed by atoms with Gasteiger partial charge in [0.1, 0.15) is 12.0 Å². The van der Waals surface area contributed by atoms with Gasteiger partial charge in [0.15, 0.2) is 5.82 Å². The van der Waals surface area contributed by atoms with E-state index in [1.165, 1.54) is 38.4 Å². The van der Waals surface area contributed by atoms with Crippen molar-refractivity contribution in [3.8, 4) is 5.88 Å². The van der Waals surface area contributed by atoms with Crippen LogP contribution in [0.4, 0.5) is 11.5 Å². The molecule has 5 heteroatoms. The van der Waals surface area contributed by atoms with E-state index in [1.54, 1.807) is 0 Å². The molecule has 0 atom stereocenters. The number of anilines is 2. The number of ether oxygens (including phenoxy) is 1. The molecule has 1 aromatic heterocycles. The zero-order valence-electron chi connectivity index (χ0n) is 11.9. The SMILES string of the molecule is CCOc1ncnc(N(C)CC2CCCCC2)c1N. The third-order valence-electron chi connectivity index (χ3n) is 3.73. The molecule has 2 rings (SSSR count). The third kappa shape index (κ3) is 3.49. The number of nitrogens with two attached hydrogens (primary N) is 1. The lowest BCUT2D eigenvalue weighted by Gasteiger charge is -2.28. The van der Waals surface area contributed by atoms with Crippen molar-refractivity contribution in [1.82, 2.24) is 9.97 Å². The molecule has 5 nitrogen and oxygen atoms in total. The molecule has 1 heterocycles. The Morgan fingerprint density at radius 1 is 1.32 bits per heavy atom. The average molecular weight is 264 g/mol. The molecule has 0 spiro atoms. The van der Waals surface area contributed by atoms with Crippen LogP contribution in [0.1, 0.15) is 39.0 Å². The zero-order valence-corrected chi connectivity index (χ0v) is 11.9. The van der Waals surface area contributed by atoms with Gasteiger partial charge in [-0.2, -0.15) is 4.98 Å². The topological polar surface area (TPSA) is 64.3 Å². The molecule has 1 saturated carbocycles. The van der Waals surface area contributed by atoms with Crippen molar-refractivity contribution in [1.29, 1.82) is 0 Å². The standard InChI is InChI=1S/C14H24N4O/c1-3-19-14-12(15)13(16-10-17-14)18(2)9-11-7-5-4-6-8-11/h10-11H,3-9,15H2,1-2H3. The van der Waals surface area contributed by atoms with Gasteiger partial charge in [0.05, 0.1) is 6.61 Å². The Balaban J connectivity index is 2.05. The second-order valence-corrected chi connectivity index (χ2v) is 5.23. The van der Waals surface area contributed by atoms with Crippen molar-refractivity contribution in [3.05, 3.63) is 6.33 Å². The van der Waals surface area contributed by atoms with Crippen molar-refractivity contribution in [3.63, 3.8) is 0 Å². The lowest BCUT2D eigenvalue weighted by atomic mass is 9.89. The lowest BCUT2D eigenvalue weighted by molar-refractivity contribution is 0.328. The van der Waals surface area contributed by atoms with E-state index >= 15 is 0 Å². The molecule has 0 unspecified atom stereocenters. The molecule has 1 aliphatic carbocycles. The number of hydrogen-bond donors (Lipinski definition) is 1. The molecule has 0 aliphatic heterocycles. The summed E-state index contributed by atoms with van der Waals surface area (Å²) in [5, 5.41) is 0. The van der Waals surface area contributed by atoms with Crippen molar-refractivity contribution < 1.29 is 4.74 Å². The van der Waals surface area contributed by atoms with Gasteiger partial charge in [0, 0.05) is 13.6 Å². The first-order valence-corrected chi connectivity index (χ1v) is 7.16. The number of hydrogen-bond acceptors (Lipinski definition) is 5. The lowest BCUT2D eigenvalue weighted by Crippen LogP contribution is -2.28. The van der Waals surface area contributed by atoms with Crippen LogP contribution >= 0.6 is 0 Å². The van der Waals surface area contributed by atoms with Crippen LogP contribution in [0.2, 0.25) is 0 Å². The Morgan fingerprint density at radius 2 is 2.05 bits per heavy atom. The first kappa shape index (κ1) is 13.9. The van der Waals surface area contributed by atoms with Gasteiger partial charge in [-0.25, -0.2) is 4.98 Å². The minimum atomic E-state index is 0.489. The number of nitrogens with zero attached hydrogens (tertiary/aromatic N) is 3. The monoisotopic (exact) mass is 264 g/mol. The first-order valence-electron chi connectivity index (χ1n) is 7.16. The Bertz CT molecular complexity index is 404. The smallest absolute Gasteiger partial charge is 0.242 e. The number of nitrogen functional groups attached to an aromatic ring is 1. The van der Waals surface area contributed by atoms with E-state index in [1.807, 2.05) is 14.0 Å². The van der Waals surface area contributed by atoms with Crippen LogP contribution in [-0.2, 0) is 0 Å². The van der Waals surface area contributed by atoms with Gasteiger partial charge in [-0.05, 0) is 25.7 Å². The van der Waals surface area contributed by atoms with Crippen molar-refractivity contribution in [2.75, 3.05) is 30.8 Å². The predicted molar refractivity (Wildman–Crippen MR) is 77.5 cm³/mol. The summed E-state index contributed by atoms with van der Waals surface area (Å²) >= 11 is 0. The molecule has 2 N–H and O–H groups in total. The second-order valence-electron chi connectivity index (χ2n) is 5.23. The fourth-order valence-electron chi connectivity index (χ4n) is 2.77. The quantitative estimate of drug-likeness (QED) is 0.885. The van der Waals surface area contributed by atoms with E-state index in [2.05, 4.69) is 14.9 Å². The maximum Gasteiger partial charge on any atom is 0.242 e. The van der Waals surface area contributed by atoms with E-state index in [-0.39, 0.29) is 0 Å². The van der Waals surface area contributed by atoms with E-state index in [0.29, 0.717) is 18.2 Å². The molecule has 106 valence electrons. The van der Waals surface area contributed by atoms with Crippen LogP contribution in [0.25, 0.3) is 0 Å². The van der Waals surface area contributed by atoms with Crippen LogP contribution in [0.3, 0.4) is 0 Å². The summed E-state index contributed by atoms with van der Waals surface area (Å²) in [7, 11) is 2.04. The van der Waals surface area contributed by atoms with Crippen LogP contribution < -0.4 is 15.4 Å². The fraction of sp³-hybridized carbons (Fsp3) is 0.714. The normalized spacial score (nSPS) is 16.3. The average Bonchev–Trinajstić information content (AvgIpc) is 2.42. The Labute approximate surface area is 115 Å². The summed E-state index contributed by atoms with van der Waals surface area (Å²) in [5.74, 6) is 2.02. The van der Waals surface area contributed by atoms with Gasteiger partial charge in [-0.3, -0.25) is 0 Å². The minimum absolute atomic E-state index is 0.489. The minimum Gasteiger partial charge on any atom is -0.476 e. The largest absolute Gasteiger partial charge is 0.476 e. The second kappa shape index (κ2) is 6.59. The molecule has 0 saturated heterocycles. The van der Waals surface area contributed by atoms with E-state index < -0.39 is 0 Å². The van der Waals surface area contributed by atoms with Crippen LogP contribution in [0, 0.1) is 5.92 Å². The van der Waals surface area contributed by atoms with E-state index in [0.717, 1.165) is 18.3 Å². The highest BCUT2D eigenvalue weighted by molar-refractivity contribution is 5.67. The van der Waals surface area contributed by atoms with Gasteiger partial charge in [0.25, 0.3) is 0 Å². The van der Waals surface area contributed by atoms with Crippen molar-refractivity contribution >= 4 is 11.5 Å². The Kier molecular flexibility index (Phi) is 4.82. The highest BCUT2D eigenvalue weighted by Crippen LogP contribution is 2.30. The van der Waals surface area contributed by atoms with Gasteiger partial charge in [0.2, 0.25) is 5.88 Å². The zero-order chi connectivity index (χ0) is 13.7. The molecular weight excluding hydrogens is 240 g/mol. The van der Waals surface area contributed by atoms with Gasteiger partial charge in [-0.15, -0.1) is 0 Å². The van der Waals surface area contributed by atoms with Crippen LogP contribution in [0.5, 0.6) is 5.88 Å². The van der Waals surface area contributed by atoms with E-state index in [9.17, 15) is 0 Å². The summed E-state index contributed by atoms with van der Waals surface area (Å²) in [4.78, 5) is 10.5. The molecule has 0 aromatic carbocycles. The van der Waals surface area contributed by atoms with Crippen molar-refractivity contribution in [2.45, 2.75) is 39.0 Å². The molecule has 0 amide bonds. The predicted octanol–water partition coefficient (Wildman–Crippen LogP) is 2.47. The van der Waals surface area contributed by atoms with Gasteiger partial charge >= 0.3 is 0 Å². The summed E-state index contributed by atoms with van der Waals surface area (Å²) < 4.78 is 5.41. The summed E-state index contributed by atoms with van der Waals surface area (Å²) in [6, 6.07) is 0. The fourth-order valence-corrected chi connectivity index (χ4v) is 2.77. The Hall–Kier alpha value is -1.52. The molecule has 1 aliphatic rings. The van der Waals surface area contributed by atoms with Gasteiger partial charge < -0.3 is 15.4 Å². The molecule has 1 aromatic rings. The Morgan fingerprint density at radius 3 is 2.74 bits per heavy atom. The highest BCUT2D eigenvalue weighted by Gasteiger charge is 2.19. The maximum atomic E-state index is 6.08. The molecule has 0 bridgehead atoms. The van der Waals surface area contributed by atoms with Gasteiger partial charge in [-0.1, -0.05) is 19.3 Å². The molecule has 1 fully saturated rings. The summed E-state index contributed by atoms with van der Waals surface area (Å²) in [6.07, 6.45) is 8.23. The van der Waals surface area contributed by atoms with Crippen molar-refractivity contribution in [2.24, 2.45) is 5.92 Å². The molecule has 19 heavy (non-hydrogen) atoms. The summed E-state index contributed by atoms with van der Waals surface area (Å²) in [5.41, 5.74) is 6.63. The molecular formula is C14H24N4O. The van der Waals surface area contributed by atoms with Crippen LogP contribution in [0.15, 0.2) is 6.33 Å². The summed E-state index contributed by atoms with van der Waals surface area (Å²) in [6.45, 7) is 3.49.